The van der Waals surface area contributed by atoms with E-state index in [2.05, 4.69) is 15.2 Å². The zero-order valence-electron chi connectivity index (χ0n) is 17.9. The molecule has 3 aromatic heterocycles. The summed E-state index contributed by atoms with van der Waals surface area (Å²) in [6.07, 6.45) is 5.16. The molecule has 0 saturated carbocycles. The van der Waals surface area contributed by atoms with E-state index in [1.54, 1.807) is 48.1 Å². The lowest BCUT2D eigenvalue weighted by Gasteiger charge is -2.15. The SMILES string of the molecule is CN(CCCc1cc(-c2ccc(F)cc2)n[nH]1)C(=O)c1ccc(CSc2nccn2C)o1. The summed E-state index contributed by atoms with van der Waals surface area (Å²) in [6, 6.07) is 11.7. The normalized spacial score (nSPS) is 11.1. The summed E-state index contributed by atoms with van der Waals surface area (Å²) >= 11 is 1.56. The molecule has 0 spiro atoms. The number of hydrogen-bond donors (Lipinski definition) is 1. The predicted octanol–water partition coefficient (Wildman–Crippen LogP) is 4.54. The molecule has 7 nitrogen and oxygen atoms in total. The molecule has 3 heterocycles. The van der Waals surface area contributed by atoms with Crippen molar-refractivity contribution in [2.45, 2.75) is 23.8 Å². The maximum Gasteiger partial charge on any atom is 0.289 e. The van der Waals surface area contributed by atoms with E-state index >= 15 is 0 Å². The fourth-order valence-corrected chi connectivity index (χ4v) is 4.08. The van der Waals surface area contributed by atoms with Gasteiger partial charge in [0, 0.05) is 44.3 Å². The van der Waals surface area contributed by atoms with Crippen molar-refractivity contribution in [2.75, 3.05) is 13.6 Å². The third kappa shape index (κ3) is 5.28. The Kier molecular flexibility index (Phi) is 6.75. The first kappa shape index (κ1) is 21.9. The summed E-state index contributed by atoms with van der Waals surface area (Å²) < 4.78 is 20.8. The maximum atomic E-state index is 13.1. The van der Waals surface area contributed by atoms with Crippen molar-refractivity contribution in [1.82, 2.24) is 24.6 Å². The Labute approximate surface area is 189 Å². The number of thioether (sulfide) groups is 1. The topological polar surface area (TPSA) is 80.0 Å². The number of halogens is 1. The Hall–Kier alpha value is -3.33. The molecule has 9 heteroatoms. The van der Waals surface area contributed by atoms with Gasteiger partial charge in [-0.15, -0.1) is 0 Å². The van der Waals surface area contributed by atoms with Crippen LogP contribution in [0.1, 0.15) is 28.4 Å². The van der Waals surface area contributed by atoms with Crippen LogP contribution in [0.15, 0.2) is 64.4 Å². The van der Waals surface area contributed by atoms with Crippen LogP contribution in [0.5, 0.6) is 0 Å². The minimum absolute atomic E-state index is 0.144. The molecule has 166 valence electrons. The van der Waals surface area contributed by atoms with E-state index in [9.17, 15) is 9.18 Å². The van der Waals surface area contributed by atoms with E-state index in [1.165, 1.54) is 12.1 Å². The van der Waals surface area contributed by atoms with E-state index in [0.717, 1.165) is 40.7 Å². The molecular weight excluding hydrogens is 429 g/mol. The van der Waals surface area contributed by atoms with Crippen LogP contribution < -0.4 is 0 Å². The third-order valence-corrected chi connectivity index (χ3v) is 6.13. The number of hydrogen-bond acceptors (Lipinski definition) is 5. The van der Waals surface area contributed by atoms with Crippen LogP contribution in [-0.2, 0) is 19.2 Å². The largest absolute Gasteiger partial charge is 0.455 e. The fourth-order valence-electron chi connectivity index (χ4n) is 3.25. The van der Waals surface area contributed by atoms with Gasteiger partial charge in [0.15, 0.2) is 10.9 Å². The summed E-state index contributed by atoms with van der Waals surface area (Å²) in [4.78, 5) is 18.6. The molecule has 1 N–H and O–H groups in total. The molecule has 0 bridgehead atoms. The van der Waals surface area contributed by atoms with Crippen LogP contribution in [0.3, 0.4) is 0 Å². The number of furan rings is 1. The molecule has 32 heavy (non-hydrogen) atoms. The smallest absolute Gasteiger partial charge is 0.289 e. The standard InChI is InChI=1S/C23H24FN5O2S/c1-28(12-3-4-18-14-20(27-26-18)16-5-7-17(24)8-6-16)22(30)21-10-9-19(31-21)15-32-23-25-11-13-29(23)2/h5-11,13-14H,3-4,12,15H2,1-2H3,(H,26,27). The van der Waals surface area contributed by atoms with Gasteiger partial charge in [0.25, 0.3) is 5.91 Å². The van der Waals surface area contributed by atoms with Crippen molar-refractivity contribution in [3.63, 3.8) is 0 Å². The number of nitrogens with zero attached hydrogens (tertiary/aromatic N) is 4. The number of benzene rings is 1. The third-order valence-electron chi connectivity index (χ3n) is 5.05. The van der Waals surface area contributed by atoms with Gasteiger partial charge in [-0.2, -0.15) is 5.10 Å². The first-order chi connectivity index (χ1) is 15.5. The lowest BCUT2D eigenvalue weighted by Crippen LogP contribution is -2.27. The second-order valence-corrected chi connectivity index (χ2v) is 8.43. The summed E-state index contributed by atoms with van der Waals surface area (Å²) in [7, 11) is 3.71. The monoisotopic (exact) mass is 453 g/mol. The Balaban J connectivity index is 1.25. The van der Waals surface area contributed by atoms with Crippen LogP contribution in [0.2, 0.25) is 0 Å². The van der Waals surface area contributed by atoms with Crippen LogP contribution in [0.4, 0.5) is 4.39 Å². The molecule has 0 aliphatic carbocycles. The number of imidazole rings is 1. The van der Waals surface area contributed by atoms with Gasteiger partial charge in [0.05, 0.1) is 11.4 Å². The molecule has 0 unspecified atom stereocenters. The quantitative estimate of drug-likeness (QED) is 0.377. The number of aromatic nitrogens is 4. The van der Waals surface area contributed by atoms with Crippen molar-refractivity contribution >= 4 is 17.7 Å². The maximum absolute atomic E-state index is 13.1. The highest BCUT2D eigenvalue weighted by Crippen LogP contribution is 2.22. The van der Waals surface area contributed by atoms with Crippen LogP contribution >= 0.6 is 11.8 Å². The van der Waals surface area contributed by atoms with Gasteiger partial charge in [-0.05, 0) is 55.3 Å². The highest BCUT2D eigenvalue weighted by Gasteiger charge is 2.16. The zero-order chi connectivity index (χ0) is 22.5. The van der Waals surface area contributed by atoms with Crippen molar-refractivity contribution in [3.05, 3.63) is 77.9 Å². The number of aromatic amines is 1. The predicted molar refractivity (Wildman–Crippen MR) is 121 cm³/mol. The molecule has 0 fully saturated rings. The number of carbonyl (C=O) groups excluding carboxylic acids is 1. The van der Waals surface area contributed by atoms with Gasteiger partial charge in [-0.3, -0.25) is 9.89 Å². The Bertz CT molecular complexity index is 1180. The van der Waals surface area contributed by atoms with Crippen LogP contribution in [0, 0.1) is 5.82 Å². The van der Waals surface area contributed by atoms with Crippen LogP contribution in [-0.4, -0.2) is 44.1 Å². The molecule has 4 rings (SSSR count). The van der Waals surface area contributed by atoms with Crippen molar-refractivity contribution in [2.24, 2.45) is 7.05 Å². The molecule has 4 aromatic rings. The van der Waals surface area contributed by atoms with Gasteiger partial charge in [0.2, 0.25) is 0 Å². The lowest BCUT2D eigenvalue weighted by atomic mass is 10.1. The number of amides is 1. The van der Waals surface area contributed by atoms with Gasteiger partial charge in [-0.1, -0.05) is 11.8 Å². The molecule has 0 atom stereocenters. The van der Waals surface area contributed by atoms with Crippen molar-refractivity contribution in [1.29, 1.82) is 0 Å². The number of H-pyrrole nitrogens is 1. The van der Waals surface area contributed by atoms with Gasteiger partial charge < -0.3 is 13.9 Å². The molecular formula is C23H24FN5O2S. The number of rotatable bonds is 9. The van der Waals surface area contributed by atoms with Gasteiger partial charge >= 0.3 is 0 Å². The minimum atomic E-state index is -0.271. The van der Waals surface area contributed by atoms with Gasteiger partial charge in [0.1, 0.15) is 11.6 Å². The molecule has 1 amide bonds. The molecule has 0 radical (unpaired) electrons. The molecule has 1 aromatic carbocycles. The lowest BCUT2D eigenvalue weighted by molar-refractivity contribution is 0.0760. The molecule has 0 aliphatic rings. The zero-order valence-corrected chi connectivity index (χ0v) is 18.7. The first-order valence-electron chi connectivity index (χ1n) is 10.2. The summed E-state index contributed by atoms with van der Waals surface area (Å²) in [6.45, 7) is 0.585. The average molecular weight is 454 g/mol. The van der Waals surface area contributed by atoms with Crippen LogP contribution in [0.25, 0.3) is 11.3 Å². The fraction of sp³-hybridized carbons (Fsp3) is 0.261. The van der Waals surface area contributed by atoms with Gasteiger partial charge in [-0.25, -0.2) is 9.37 Å². The Morgan fingerprint density at radius 3 is 2.81 bits per heavy atom. The summed E-state index contributed by atoms with van der Waals surface area (Å²) in [5.41, 5.74) is 2.60. The second kappa shape index (κ2) is 9.86. The first-order valence-corrected chi connectivity index (χ1v) is 11.2. The second-order valence-electron chi connectivity index (χ2n) is 7.49. The number of carbonyl (C=O) groups is 1. The van der Waals surface area contributed by atoms with E-state index in [0.29, 0.717) is 18.1 Å². The molecule has 0 aliphatic heterocycles. The highest BCUT2D eigenvalue weighted by atomic mass is 32.2. The van der Waals surface area contributed by atoms with E-state index in [-0.39, 0.29) is 11.7 Å². The number of aryl methyl sites for hydroxylation is 2. The van der Waals surface area contributed by atoms with Crippen molar-refractivity contribution < 1.29 is 13.6 Å². The Morgan fingerprint density at radius 1 is 1.25 bits per heavy atom. The Morgan fingerprint density at radius 2 is 2.06 bits per heavy atom. The van der Waals surface area contributed by atoms with E-state index in [1.807, 2.05) is 29.9 Å². The van der Waals surface area contributed by atoms with Crippen molar-refractivity contribution in [3.8, 4) is 11.3 Å². The highest BCUT2D eigenvalue weighted by molar-refractivity contribution is 7.98. The molecule has 0 saturated heterocycles. The summed E-state index contributed by atoms with van der Waals surface area (Å²) in [5, 5.41) is 8.20. The average Bonchev–Trinajstić information content (AvgIpc) is 3.53. The van der Waals surface area contributed by atoms with E-state index < -0.39 is 0 Å². The number of nitrogens with one attached hydrogen (secondary N) is 1. The van der Waals surface area contributed by atoms with E-state index in [4.69, 9.17) is 4.42 Å². The summed E-state index contributed by atoms with van der Waals surface area (Å²) in [5.74, 6) is 1.27. The minimum Gasteiger partial charge on any atom is -0.455 e.